The zero-order chi connectivity index (χ0) is 14.5. The molecule has 4 nitrogen and oxygen atoms in total. The Morgan fingerprint density at radius 3 is 2.58 bits per heavy atom. The standard InChI is InChI=1S/C12H21BF2N2O2/c13-6-2-1-3-11(16,10(18)19)4-7-17-8-5-12(14,15)9-17/h1-9,16H2,(H,18,19). The maximum absolute atomic E-state index is 13.0. The van der Waals surface area contributed by atoms with Crippen LogP contribution in [0.15, 0.2) is 0 Å². The molecule has 1 aliphatic rings. The van der Waals surface area contributed by atoms with E-state index < -0.39 is 17.4 Å². The van der Waals surface area contributed by atoms with Crippen molar-refractivity contribution >= 4 is 13.8 Å². The third-order valence-corrected chi connectivity index (χ3v) is 3.63. The van der Waals surface area contributed by atoms with E-state index in [2.05, 4.69) is 0 Å². The van der Waals surface area contributed by atoms with Gasteiger partial charge in [-0.2, -0.15) is 0 Å². The zero-order valence-corrected chi connectivity index (χ0v) is 11.1. The van der Waals surface area contributed by atoms with Gasteiger partial charge in [-0.3, -0.25) is 9.69 Å². The van der Waals surface area contributed by atoms with Crippen LogP contribution in [0.2, 0.25) is 6.32 Å². The molecular weight excluding hydrogens is 253 g/mol. The lowest BCUT2D eigenvalue weighted by molar-refractivity contribution is -0.144. The zero-order valence-electron chi connectivity index (χ0n) is 11.1. The first kappa shape index (κ1) is 16.4. The second kappa shape index (κ2) is 6.66. The van der Waals surface area contributed by atoms with Gasteiger partial charge in [0.15, 0.2) is 0 Å². The molecule has 108 valence electrons. The van der Waals surface area contributed by atoms with E-state index in [4.69, 9.17) is 13.6 Å². The number of carboxylic acid groups (broad SMARTS) is 1. The fraction of sp³-hybridized carbons (Fsp3) is 0.917. The fourth-order valence-electron chi connectivity index (χ4n) is 2.28. The number of nitrogens with two attached hydrogens (primary N) is 1. The van der Waals surface area contributed by atoms with E-state index in [1.165, 1.54) is 0 Å². The quantitative estimate of drug-likeness (QED) is 0.516. The minimum atomic E-state index is -2.65. The summed E-state index contributed by atoms with van der Waals surface area (Å²) in [7, 11) is 5.36. The van der Waals surface area contributed by atoms with Crippen LogP contribution in [0, 0.1) is 0 Å². The van der Waals surface area contributed by atoms with Gasteiger partial charge in [0, 0.05) is 19.5 Å². The number of likely N-dealkylation sites (tertiary alicyclic amines) is 1. The molecular formula is C12H21BF2N2O2. The summed E-state index contributed by atoms with van der Waals surface area (Å²) in [5, 5.41) is 9.19. The third kappa shape index (κ3) is 5.07. The van der Waals surface area contributed by atoms with Gasteiger partial charge in [-0.25, -0.2) is 8.78 Å². The Morgan fingerprint density at radius 1 is 1.42 bits per heavy atom. The minimum absolute atomic E-state index is 0.162. The van der Waals surface area contributed by atoms with Gasteiger partial charge < -0.3 is 10.8 Å². The van der Waals surface area contributed by atoms with Crippen LogP contribution < -0.4 is 5.73 Å². The molecule has 1 saturated heterocycles. The highest BCUT2D eigenvalue weighted by Crippen LogP contribution is 2.27. The van der Waals surface area contributed by atoms with Crippen molar-refractivity contribution in [3.05, 3.63) is 0 Å². The lowest BCUT2D eigenvalue weighted by Gasteiger charge is -2.27. The summed E-state index contributed by atoms with van der Waals surface area (Å²) < 4.78 is 26.0. The molecule has 1 aliphatic heterocycles. The number of aliphatic carboxylic acids is 1. The van der Waals surface area contributed by atoms with Gasteiger partial charge in [0.25, 0.3) is 5.92 Å². The van der Waals surface area contributed by atoms with Crippen molar-refractivity contribution in [3.63, 3.8) is 0 Å². The van der Waals surface area contributed by atoms with Crippen LogP contribution in [-0.4, -0.2) is 54.9 Å². The first-order chi connectivity index (χ1) is 8.79. The molecule has 0 aromatic heterocycles. The highest BCUT2D eigenvalue weighted by molar-refractivity contribution is 6.08. The van der Waals surface area contributed by atoms with Gasteiger partial charge in [-0.15, -0.1) is 0 Å². The number of unbranched alkanes of at least 4 members (excludes halogenated alkanes) is 1. The van der Waals surface area contributed by atoms with Gasteiger partial charge in [0.05, 0.1) is 14.4 Å². The molecule has 0 aromatic carbocycles. The molecule has 1 unspecified atom stereocenters. The summed E-state index contributed by atoms with van der Waals surface area (Å²) in [4.78, 5) is 12.8. The monoisotopic (exact) mass is 274 g/mol. The number of hydrogen-bond donors (Lipinski definition) is 2. The average Bonchev–Trinajstić information content (AvgIpc) is 2.67. The minimum Gasteiger partial charge on any atom is -0.480 e. The molecule has 2 radical (unpaired) electrons. The first-order valence-electron chi connectivity index (χ1n) is 6.62. The van der Waals surface area contributed by atoms with Gasteiger partial charge in [0.1, 0.15) is 5.54 Å². The van der Waals surface area contributed by atoms with E-state index in [1.54, 1.807) is 4.90 Å². The van der Waals surface area contributed by atoms with Crippen molar-refractivity contribution in [2.75, 3.05) is 19.6 Å². The Labute approximate surface area is 113 Å². The Kier molecular flexibility index (Phi) is 5.73. The molecule has 0 bridgehead atoms. The SMILES string of the molecule is [B]CCCCC(N)(CCN1CCC(F)(F)C1)C(=O)O. The number of alkyl halides is 2. The summed E-state index contributed by atoms with van der Waals surface area (Å²) in [5.74, 6) is -3.73. The second-order valence-electron chi connectivity index (χ2n) is 5.34. The van der Waals surface area contributed by atoms with Crippen molar-refractivity contribution in [3.8, 4) is 0 Å². The number of halogens is 2. The molecule has 1 rings (SSSR count). The predicted molar refractivity (Wildman–Crippen MR) is 69.6 cm³/mol. The summed E-state index contributed by atoms with van der Waals surface area (Å²) in [6.45, 7) is 0.290. The van der Waals surface area contributed by atoms with Crippen LogP contribution in [0.4, 0.5) is 8.78 Å². The maximum Gasteiger partial charge on any atom is 0.323 e. The molecule has 1 atom stereocenters. The van der Waals surface area contributed by atoms with E-state index >= 15 is 0 Å². The molecule has 7 heteroatoms. The number of carboxylic acids is 1. The van der Waals surface area contributed by atoms with Gasteiger partial charge in [-0.1, -0.05) is 19.2 Å². The lowest BCUT2D eigenvalue weighted by atomic mass is 9.88. The van der Waals surface area contributed by atoms with Crippen molar-refractivity contribution < 1.29 is 18.7 Å². The number of carbonyl (C=O) groups is 1. The average molecular weight is 274 g/mol. The van der Waals surface area contributed by atoms with Gasteiger partial charge in [0.2, 0.25) is 0 Å². The smallest absolute Gasteiger partial charge is 0.323 e. The largest absolute Gasteiger partial charge is 0.480 e. The van der Waals surface area contributed by atoms with Crippen molar-refractivity contribution in [1.82, 2.24) is 4.90 Å². The van der Waals surface area contributed by atoms with E-state index in [0.29, 0.717) is 38.7 Å². The summed E-state index contributed by atoms with van der Waals surface area (Å²) in [5.41, 5.74) is 4.53. The summed E-state index contributed by atoms with van der Waals surface area (Å²) >= 11 is 0. The van der Waals surface area contributed by atoms with Gasteiger partial charge in [-0.05, 0) is 12.8 Å². The molecule has 1 fully saturated rings. The molecule has 0 spiro atoms. The van der Waals surface area contributed by atoms with Crippen molar-refractivity contribution in [2.45, 2.75) is 49.9 Å². The molecule has 3 N–H and O–H groups in total. The second-order valence-corrected chi connectivity index (χ2v) is 5.34. The van der Waals surface area contributed by atoms with Crippen LogP contribution in [0.5, 0.6) is 0 Å². The van der Waals surface area contributed by atoms with Crippen LogP contribution >= 0.6 is 0 Å². The molecule has 1 heterocycles. The number of nitrogens with zero attached hydrogens (tertiary/aromatic N) is 1. The highest BCUT2D eigenvalue weighted by atomic mass is 19.3. The third-order valence-electron chi connectivity index (χ3n) is 3.63. The molecule has 0 aromatic rings. The highest BCUT2D eigenvalue weighted by Gasteiger charge is 2.40. The van der Waals surface area contributed by atoms with E-state index in [1.807, 2.05) is 0 Å². The van der Waals surface area contributed by atoms with Crippen LogP contribution in [0.3, 0.4) is 0 Å². The van der Waals surface area contributed by atoms with E-state index in [0.717, 1.165) is 0 Å². The summed E-state index contributed by atoms with van der Waals surface area (Å²) in [6.07, 6.45) is 2.19. The summed E-state index contributed by atoms with van der Waals surface area (Å²) in [6, 6.07) is 0. The Bertz CT molecular complexity index is 318. The number of hydrogen-bond acceptors (Lipinski definition) is 3. The fourth-order valence-corrected chi connectivity index (χ4v) is 2.28. The molecule has 0 amide bonds. The molecule has 0 aliphatic carbocycles. The Balaban J connectivity index is 2.43. The normalized spacial score (nSPS) is 22.3. The van der Waals surface area contributed by atoms with E-state index in [9.17, 15) is 18.7 Å². The van der Waals surface area contributed by atoms with Crippen LogP contribution in [-0.2, 0) is 4.79 Å². The Hall–Kier alpha value is -0.685. The van der Waals surface area contributed by atoms with Crippen LogP contribution in [0.1, 0.15) is 32.1 Å². The predicted octanol–water partition coefficient (Wildman–Crippen LogP) is 1.26. The first-order valence-corrected chi connectivity index (χ1v) is 6.62. The van der Waals surface area contributed by atoms with Crippen molar-refractivity contribution in [1.29, 1.82) is 0 Å². The van der Waals surface area contributed by atoms with Crippen LogP contribution in [0.25, 0.3) is 0 Å². The molecule has 19 heavy (non-hydrogen) atoms. The van der Waals surface area contributed by atoms with Crippen molar-refractivity contribution in [2.24, 2.45) is 5.73 Å². The maximum atomic E-state index is 13.0. The Morgan fingerprint density at radius 2 is 2.11 bits per heavy atom. The van der Waals surface area contributed by atoms with E-state index in [-0.39, 0.29) is 19.4 Å². The molecule has 0 saturated carbocycles. The number of rotatable bonds is 8. The lowest BCUT2D eigenvalue weighted by Crippen LogP contribution is -2.50. The van der Waals surface area contributed by atoms with Gasteiger partial charge >= 0.3 is 5.97 Å². The topological polar surface area (TPSA) is 66.6 Å².